The maximum absolute atomic E-state index is 12.6. The number of carbonyl (C=O) groups is 2. The lowest BCUT2D eigenvalue weighted by Gasteiger charge is -2.19. The molecule has 0 saturated heterocycles. The molecule has 10 heteroatoms. The van der Waals surface area contributed by atoms with Gasteiger partial charge in [0.1, 0.15) is 11.5 Å². The fourth-order valence-corrected chi connectivity index (χ4v) is 4.35. The summed E-state index contributed by atoms with van der Waals surface area (Å²) in [6.45, 7) is 9.32. The number of nitrogens with zero attached hydrogens (tertiary/aromatic N) is 3. The Morgan fingerprint density at radius 1 is 1.06 bits per heavy atom. The molecule has 1 aromatic heterocycles. The van der Waals surface area contributed by atoms with E-state index < -0.39 is 0 Å². The average molecular weight is 498 g/mol. The predicted molar refractivity (Wildman–Crippen MR) is 137 cm³/mol. The molecule has 0 fully saturated rings. The number of rotatable bonds is 10. The molecule has 2 amide bonds. The molecule has 9 nitrogen and oxygen atoms in total. The van der Waals surface area contributed by atoms with Crippen molar-refractivity contribution in [3.63, 3.8) is 0 Å². The summed E-state index contributed by atoms with van der Waals surface area (Å²) in [6.07, 6.45) is -0.356. The Morgan fingerprint density at radius 2 is 1.80 bits per heavy atom. The van der Waals surface area contributed by atoms with Crippen molar-refractivity contribution in [2.45, 2.75) is 51.9 Å². The second kappa shape index (κ2) is 11.7. The summed E-state index contributed by atoms with van der Waals surface area (Å²) in [5.41, 5.74) is 2.24. The molecule has 1 unspecified atom stereocenters. The standard InChI is InChI=1S/C25H31N5O4S/c1-15(2)30-24(17(4)34-21-9-7-8-20(13-21)33-6)28-29-25(30)35-14-23(32)27-19-10-11-22(16(3)12-19)26-18(5)31/h7-13,15,17H,14H2,1-6H3,(H,26,31)(H,27,32). The van der Waals surface area contributed by atoms with Gasteiger partial charge in [0.15, 0.2) is 17.1 Å². The van der Waals surface area contributed by atoms with E-state index in [1.807, 2.05) is 62.6 Å². The van der Waals surface area contributed by atoms with E-state index in [4.69, 9.17) is 9.47 Å². The number of hydrogen-bond donors (Lipinski definition) is 2. The normalized spacial score (nSPS) is 11.7. The number of anilines is 2. The molecule has 0 aliphatic heterocycles. The van der Waals surface area contributed by atoms with E-state index in [1.54, 1.807) is 19.2 Å². The number of methoxy groups -OCH3 is 1. The van der Waals surface area contributed by atoms with Crippen LogP contribution in [0, 0.1) is 6.92 Å². The van der Waals surface area contributed by atoms with Gasteiger partial charge in [-0.25, -0.2) is 0 Å². The quantitative estimate of drug-likeness (QED) is 0.379. The SMILES string of the molecule is COc1cccc(OC(C)c2nnc(SCC(=O)Nc3ccc(NC(C)=O)c(C)c3)n2C(C)C)c1. The second-order valence-electron chi connectivity index (χ2n) is 8.29. The maximum atomic E-state index is 12.6. The van der Waals surface area contributed by atoms with Crippen LogP contribution in [0.1, 0.15) is 51.2 Å². The first-order valence-corrected chi connectivity index (χ1v) is 12.2. The van der Waals surface area contributed by atoms with Gasteiger partial charge in [-0.05, 0) is 63.6 Å². The molecule has 0 saturated carbocycles. The number of thioether (sulfide) groups is 1. The molecule has 3 rings (SSSR count). The monoisotopic (exact) mass is 497 g/mol. The predicted octanol–water partition coefficient (Wildman–Crippen LogP) is 5.01. The van der Waals surface area contributed by atoms with E-state index >= 15 is 0 Å². The van der Waals surface area contributed by atoms with Gasteiger partial charge in [-0.2, -0.15) is 0 Å². The van der Waals surface area contributed by atoms with Crippen LogP contribution < -0.4 is 20.1 Å². The molecule has 0 radical (unpaired) electrons. The molecule has 3 aromatic rings. The molecule has 0 aliphatic rings. The van der Waals surface area contributed by atoms with Crippen molar-refractivity contribution in [1.82, 2.24) is 14.8 Å². The summed E-state index contributed by atoms with van der Waals surface area (Å²) in [6, 6.07) is 12.8. The number of ether oxygens (including phenoxy) is 2. The van der Waals surface area contributed by atoms with Crippen LogP contribution >= 0.6 is 11.8 Å². The van der Waals surface area contributed by atoms with Gasteiger partial charge in [-0.3, -0.25) is 9.59 Å². The molecule has 1 heterocycles. The van der Waals surface area contributed by atoms with Crippen LogP contribution in [0.25, 0.3) is 0 Å². The third-order valence-electron chi connectivity index (χ3n) is 5.08. The van der Waals surface area contributed by atoms with E-state index in [-0.39, 0.29) is 29.7 Å². The van der Waals surface area contributed by atoms with Crippen LogP contribution in [0.5, 0.6) is 11.5 Å². The molecule has 0 bridgehead atoms. The number of carbonyl (C=O) groups excluding carboxylic acids is 2. The molecule has 0 aliphatic carbocycles. The van der Waals surface area contributed by atoms with E-state index in [9.17, 15) is 9.59 Å². The highest BCUT2D eigenvalue weighted by atomic mass is 32.2. The summed E-state index contributed by atoms with van der Waals surface area (Å²) < 4.78 is 13.3. The lowest BCUT2D eigenvalue weighted by Crippen LogP contribution is -2.17. The number of amides is 2. The van der Waals surface area contributed by atoms with Crippen molar-refractivity contribution in [3.05, 3.63) is 53.9 Å². The molecular weight excluding hydrogens is 466 g/mol. The minimum absolute atomic E-state index is 0.0749. The molecule has 35 heavy (non-hydrogen) atoms. The minimum atomic E-state index is -0.356. The van der Waals surface area contributed by atoms with Crippen LogP contribution in [0.4, 0.5) is 11.4 Å². The van der Waals surface area contributed by atoms with Crippen LogP contribution in [-0.4, -0.2) is 39.4 Å². The fraction of sp³-hybridized carbons (Fsp3) is 0.360. The second-order valence-corrected chi connectivity index (χ2v) is 9.23. The Bertz CT molecular complexity index is 1190. The van der Waals surface area contributed by atoms with E-state index in [1.165, 1.54) is 18.7 Å². The number of aromatic nitrogens is 3. The number of benzene rings is 2. The fourth-order valence-electron chi connectivity index (χ4n) is 3.48. The van der Waals surface area contributed by atoms with Crippen molar-refractivity contribution in [2.75, 3.05) is 23.5 Å². The first kappa shape index (κ1) is 26.1. The van der Waals surface area contributed by atoms with Crippen molar-refractivity contribution in [1.29, 1.82) is 0 Å². The zero-order valence-electron chi connectivity index (χ0n) is 20.8. The van der Waals surface area contributed by atoms with E-state index in [0.717, 1.165) is 5.56 Å². The zero-order chi connectivity index (χ0) is 25.5. The van der Waals surface area contributed by atoms with Crippen LogP contribution in [0.3, 0.4) is 0 Å². The number of aryl methyl sites for hydroxylation is 1. The molecular formula is C25H31N5O4S. The molecule has 186 valence electrons. The van der Waals surface area contributed by atoms with Crippen molar-refractivity contribution in [3.8, 4) is 11.5 Å². The lowest BCUT2D eigenvalue weighted by molar-refractivity contribution is -0.114. The highest BCUT2D eigenvalue weighted by molar-refractivity contribution is 7.99. The Kier molecular flexibility index (Phi) is 8.75. The van der Waals surface area contributed by atoms with Gasteiger partial charge in [0.05, 0.1) is 12.9 Å². The largest absolute Gasteiger partial charge is 0.497 e. The summed E-state index contributed by atoms with van der Waals surface area (Å²) in [5, 5.41) is 15.0. The highest BCUT2D eigenvalue weighted by Gasteiger charge is 2.22. The average Bonchev–Trinajstić information content (AvgIpc) is 3.24. The third kappa shape index (κ3) is 6.98. The van der Waals surface area contributed by atoms with Crippen molar-refractivity contribution < 1.29 is 19.1 Å². The molecule has 2 N–H and O–H groups in total. The molecule has 1 atom stereocenters. The third-order valence-corrected chi connectivity index (χ3v) is 6.02. The van der Waals surface area contributed by atoms with Crippen LogP contribution in [0.2, 0.25) is 0 Å². The Balaban J connectivity index is 1.65. The van der Waals surface area contributed by atoms with E-state index in [0.29, 0.717) is 33.9 Å². The zero-order valence-corrected chi connectivity index (χ0v) is 21.6. The van der Waals surface area contributed by atoms with Gasteiger partial charge < -0.3 is 24.7 Å². The Labute approximate surface area is 209 Å². The van der Waals surface area contributed by atoms with Gasteiger partial charge in [0, 0.05) is 30.4 Å². The number of hydrogen-bond acceptors (Lipinski definition) is 7. The maximum Gasteiger partial charge on any atom is 0.234 e. The summed E-state index contributed by atoms with van der Waals surface area (Å²) in [7, 11) is 1.61. The first-order chi connectivity index (χ1) is 16.7. The summed E-state index contributed by atoms with van der Waals surface area (Å²) in [5.74, 6) is 1.92. The van der Waals surface area contributed by atoms with Crippen molar-refractivity contribution in [2.24, 2.45) is 0 Å². The van der Waals surface area contributed by atoms with Gasteiger partial charge in [-0.15, -0.1) is 10.2 Å². The van der Waals surface area contributed by atoms with Gasteiger partial charge in [0.25, 0.3) is 0 Å². The van der Waals surface area contributed by atoms with E-state index in [2.05, 4.69) is 20.8 Å². The van der Waals surface area contributed by atoms with Gasteiger partial charge in [0.2, 0.25) is 11.8 Å². The first-order valence-electron chi connectivity index (χ1n) is 11.2. The number of nitrogens with one attached hydrogen (secondary N) is 2. The minimum Gasteiger partial charge on any atom is -0.497 e. The Morgan fingerprint density at radius 3 is 2.46 bits per heavy atom. The molecule has 0 spiro atoms. The summed E-state index contributed by atoms with van der Waals surface area (Å²) >= 11 is 1.31. The molecule has 2 aromatic carbocycles. The highest BCUT2D eigenvalue weighted by Crippen LogP contribution is 2.29. The van der Waals surface area contributed by atoms with Gasteiger partial charge >= 0.3 is 0 Å². The topological polar surface area (TPSA) is 107 Å². The Hall–Kier alpha value is -3.53. The summed E-state index contributed by atoms with van der Waals surface area (Å²) in [4.78, 5) is 23.9. The van der Waals surface area contributed by atoms with Crippen LogP contribution in [0.15, 0.2) is 47.6 Å². The van der Waals surface area contributed by atoms with Crippen molar-refractivity contribution >= 4 is 35.0 Å². The smallest absolute Gasteiger partial charge is 0.234 e. The lowest BCUT2D eigenvalue weighted by atomic mass is 10.1. The van der Waals surface area contributed by atoms with Crippen LogP contribution in [-0.2, 0) is 9.59 Å². The van der Waals surface area contributed by atoms with Gasteiger partial charge in [-0.1, -0.05) is 17.8 Å².